The van der Waals surface area contributed by atoms with Crippen molar-refractivity contribution >= 4 is 43.6 Å². The van der Waals surface area contributed by atoms with E-state index in [1.807, 2.05) is 54.6 Å². The van der Waals surface area contributed by atoms with Gasteiger partial charge in [-0.1, -0.05) is 53.7 Å². The van der Waals surface area contributed by atoms with Gasteiger partial charge in [-0.2, -0.15) is 4.31 Å². The van der Waals surface area contributed by atoms with E-state index >= 15 is 0 Å². The zero-order valence-electron chi connectivity index (χ0n) is 16.2. The molecule has 2 aromatic carbocycles. The predicted octanol–water partition coefficient (Wildman–Crippen LogP) is 2.94. The van der Waals surface area contributed by atoms with Crippen LogP contribution in [0.4, 0.5) is 0 Å². The van der Waals surface area contributed by atoms with Gasteiger partial charge in [-0.05, 0) is 11.6 Å². The van der Waals surface area contributed by atoms with Gasteiger partial charge < -0.3 is 9.74 Å². The van der Waals surface area contributed by atoms with Gasteiger partial charge in [-0.15, -0.1) is 11.3 Å². The van der Waals surface area contributed by atoms with Crippen LogP contribution in [0.5, 0.6) is 0 Å². The quantitative estimate of drug-likeness (QED) is 0.433. The van der Waals surface area contributed by atoms with E-state index in [-0.39, 0.29) is 25.6 Å². The number of amides is 1. The van der Waals surface area contributed by atoms with Crippen molar-refractivity contribution < 1.29 is 18.0 Å². The molecule has 0 radical (unpaired) electrons. The summed E-state index contributed by atoms with van der Waals surface area (Å²) in [5, 5.41) is 6.17. The fourth-order valence-electron chi connectivity index (χ4n) is 3.29. The molecule has 4 rings (SSSR count). The number of benzene rings is 2. The maximum absolute atomic E-state index is 13.1. The Morgan fingerprint density at radius 3 is 2.50 bits per heavy atom. The number of sulfonamides is 1. The highest BCUT2D eigenvalue weighted by molar-refractivity contribution is 7.89. The Hall–Kier alpha value is -2.75. The second kappa shape index (κ2) is 8.95. The van der Waals surface area contributed by atoms with Gasteiger partial charge in [0.15, 0.2) is 0 Å². The van der Waals surface area contributed by atoms with Crippen LogP contribution in [-0.2, 0) is 26.3 Å². The van der Waals surface area contributed by atoms with E-state index < -0.39 is 10.0 Å². The first kappa shape index (κ1) is 20.5. The lowest BCUT2D eigenvalue weighted by atomic mass is 10.2. The average molecular weight is 444 g/mol. The summed E-state index contributed by atoms with van der Waals surface area (Å²) in [6, 6.07) is 17.0. The van der Waals surface area contributed by atoms with Gasteiger partial charge in [0.05, 0.1) is 0 Å². The Balaban J connectivity index is 1.33. The molecule has 0 unspecified atom stereocenters. The molecule has 0 aliphatic carbocycles. The molecule has 0 N–H and O–H groups in total. The average Bonchev–Trinajstić information content (AvgIpc) is 3.22. The van der Waals surface area contributed by atoms with E-state index in [1.165, 1.54) is 15.6 Å². The molecule has 0 spiro atoms. The minimum Gasteiger partial charge on any atom is -0.391 e. The minimum atomic E-state index is -3.60. The molecule has 0 saturated carbocycles. The maximum Gasteiger partial charge on any atom is 0.268 e. The Morgan fingerprint density at radius 1 is 1.03 bits per heavy atom. The van der Waals surface area contributed by atoms with Crippen molar-refractivity contribution in [2.45, 2.75) is 11.5 Å². The third-order valence-corrected chi connectivity index (χ3v) is 7.98. The summed E-state index contributed by atoms with van der Waals surface area (Å²) in [6.07, 6.45) is 1.14. The summed E-state index contributed by atoms with van der Waals surface area (Å²) in [4.78, 5) is 19.4. The van der Waals surface area contributed by atoms with Gasteiger partial charge in [0.1, 0.15) is 17.7 Å². The first-order valence-electron chi connectivity index (χ1n) is 9.50. The molecule has 3 aromatic rings. The Bertz CT molecular complexity index is 1150. The molecule has 0 atom stereocenters. The first-order chi connectivity index (χ1) is 14.6. The highest BCUT2D eigenvalue weighted by atomic mass is 32.2. The molecular weight excluding hydrogens is 422 g/mol. The van der Waals surface area contributed by atoms with E-state index in [1.54, 1.807) is 10.3 Å². The van der Waals surface area contributed by atoms with E-state index in [0.717, 1.165) is 21.9 Å². The van der Waals surface area contributed by atoms with E-state index in [2.05, 4.69) is 5.16 Å². The molecule has 1 fully saturated rings. The van der Waals surface area contributed by atoms with Gasteiger partial charge in [-0.3, -0.25) is 4.79 Å². The van der Waals surface area contributed by atoms with Crippen LogP contribution in [0.2, 0.25) is 0 Å². The highest BCUT2D eigenvalue weighted by Crippen LogP contribution is 2.31. The number of nitrogens with zero attached hydrogens (tertiary/aromatic N) is 3. The minimum absolute atomic E-state index is 0.247. The van der Waals surface area contributed by atoms with E-state index in [4.69, 9.17) is 4.84 Å². The lowest BCUT2D eigenvalue weighted by Crippen LogP contribution is -2.50. The van der Waals surface area contributed by atoms with Gasteiger partial charge in [0.25, 0.3) is 5.91 Å². The third kappa shape index (κ3) is 4.38. The number of carbonyl (C=O) groups excluding carboxylic acids is 1. The number of oxime groups is 1. The topological polar surface area (TPSA) is 79.3 Å². The summed E-state index contributed by atoms with van der Waals surface area (Å²) in [7, 11) is -3.60. The van der Waals surface area contributed by atoms with Crippen molar-refractivity contribution in [3.8, 4) is 0 Å². The molecule has 1 aliphatic heterocycles. The smallest absolute Gasteiger partial charge is 0.268 e. The van der Waals surface area contributed by atoms with Crippen LogP contribution in [-0.4, -0.2) is 55.9 Å². The first-order valence-corrected chi connectivity index (χ1v) is 11.8. The molecule has 7 nitrogen and oxygen atoms in total. The molecular formula is C21H21N3O4S2. The molecule has 1 aromatic heterocycles. The summed E-state index contributed by atoms with van der Waals surface area (Å²) in [5.41, 5.74) is 0.960. The fraction of sp³-hybridized carbons (Fsp3) is 0.238. The number of fused-ring (bicyclic) bond motifs is 1. The monoisotopic (exact) mass is 443 g/mol. The van der Waals surface area contributed by atoms with Crippen molar-refractivity contribution in [1.82, 2.24) is 9.21 Å². The van der Waals surface area contributed by atoms with Crippen LogP contribution in [0.3, 0.4) is 0 Å². The second-order valence-corrected chi connectivity index (χ2v) is 9.64. The van der Waals surface area contributed by atoms with Crippen LogP contribution in [0, 0.1) is 0 Å². The van der Waals surface area contributed by atoms with Gasteiger partial charge in [-0.25, -0.2) is 8.42 Å². The van der Waals surface area contributed by atoms with E-state index in [0.29, 0.717) is 18.0 Å². The van der Waals surface area contributed by atoms with E-state index in [9.17, 15) is 13.2 Å². The number of rotatable bonds is 6. The molecule has 2 heterocycles. The molecule has 0 bridgehead atoms. The number of carbonyl (C=O) groups is 1. The van der Waals surface area contributed by atoms with Crippen LogP contribution in [0.1, 0.15) is 5.56 Å². The van der Waals surface area contributed by atoms with Gasteiger partial charge in [0.2, 0.25) is 10.0 Å². The lowest BCUT2D eigenvalue weighted by molar-refractivity contribution is -0.124. The number of hydrogen-bond acceptors (Lipinski definition) is 6. The van der Waals surface area contributed by atoms with Crippen LogP contribution in [0.25, 0.3) is 10.1 Å². The Labute approximate surface area is 179 Å². The molecule has 30 heavy (non-hydrogen) atoms. The normalized spacial score (nSPS) is 15.7. The standard InChI is InChI=1S/C21H21N3O4S2/c25-21(14-22-28-15-17-6-2-1-3-7-17)23-10-12-24(13-11-23)30(26,27)20-16-29-19-9-5-4-8-18(19)20/h1-9,14,16H,10-13,15H2. The SMILES string of the molecule is O=C(C=NOCc1ccccc1)N1CCN(S(=O)(=O)c2csc3ccccc23)CC1. The summed E-state index contributed by atoms with van der Waals surface area (Å²) >= 11 is 1.42. The molecule has 1 saturated heterocycles. The van der Waals surface area contributed by atoms with Gasteiger partial charge >= 0.3 is 0 Å². The van der Waals surface area contributed by atoms with Crippen LogP contribution in [0.15, 0.2) is 70.0 Å². The van der Waals surface area contributed by atoms with Crippen LogP contribution >= 0.6 is 11.3 Å². The number of thiophene rings is 1. The van der Waals surface area contributed by atoms with Crippen molar-refractivity contribution in [2.75, 3.05) is 26.2 Å². The molecule has 1 aliphatic rings. The van der Waals surface area contributed by atoms with Crippen molar-refractivity contribution in [2.24, 2.45) is 5.16 Å². The largest absolute Gasteiger partial charge is 0.391 e. The highest BCUT2D eigenvalue weighted by Gasteiger charge is 2.31. The van der Waals surface area contributed by atoms with Gasteiger partial charge in [0, 0.05) is 41.6 Å². The molecule has 156 valence electrons. The van der Waals surface area contributed by atoms with Crippen molar-refractivity contribution in [3.05, 3.63) is 65.5 Å². The fourth-order valence-corrected chi connectivity index (χ4v) is 6.19. The predicted molar refractivity (Wildman–Crippen MR) is 117 cm³/mol. The third-order valence-electron chi connectivity index (χ3n) is 4.93. The number of hydrogen-bond donors (Lipinski definition) is 0. The maximum atomic E-state index is 13.1. The summed E-state index contributed by atoms with van der Waals surface area (Å²) in [6.45, 7) is 1.40. The Morgan fingerprint density at radius 2 is 1.73 bits per heavy atom. The zero-order chi connectivity index (χ0) is 21.0. The zero-order valence-corrected chi connectivity index (χ0v) is 17.8. The molecule has 9 heteroatoms. The Kier molecular flexibility index (Phi) is 6.12. The second-order valence-electron chi connectivity index (χ2n) is 6.82. The number of piperazine rings is 1. The van der Waals surface area contributed by atoms with Crippen molar-refractivity contribution in [3.63, 3.8) is 0 Å². The molecule has 1 amide bonds. The summed E-state index contributed by atoms with van der Waals surface area (Å²) < 4.78 is 28.5. The summed E-state index contributed by atoms with van der Waals surface area (Å²) in [5.74, 6) is -0.291. The van der Waals surface area contributed by atoms with Crippen LogP contribution < -0.4 is 0 Å². The van der Waals surface area contributed by atoms with Crippen molar-refractivity contribution in [1.29, 1.82) is 0 Å². The lowest BCUT2D eigenvalue weighted by Gasteiger charge is -2.33.